The topological polar surface area (TPSA) is 44.8 Å². The van der Waals surface area contributed by atoms with Gasteiger partial charge in [0, 0.05) is 24.3 Å². The molecule has 1 aliphatic heterocycles. The van der Waals surface area contributed by atoms with E-state index in [4.69, 9.17) is 14.2 Å². The Morgan fingerprint density at radius 3 is 2.75 bits per heavy atom. The van der Waals surface area contributed by atoms with Crippen LogP contribution in [0.2, 0.25) is 0 Å². The van der Waals surface area contributed by atoms with Gasteiger partial charge in [0.2, 0.25) is 0 Å². The molecule has 0 atom stereocenters. The number of carbonyl (C=O) groups excluding carboxylic acids is 1. The number of ketones is 1. The number of hydrogen-bond donors (Lipinski definition) is 0. The van der Waals surface area contributed by atoms with E-state index >= 15 is 0 Å². The molecular weight excluding hydrogens is 256 g/mol. The highest BCUT2D eigenvalue weighted by Crippen LogP contribution is 2.22. The van der Waals surface area contributed by atoms with Crippen molar-refractivity contribution in [2.75, 3.05) is 26.9 Å². The fraction of sp³-hybridized carbons (Fsp3) is 0.562. The Labute approximate surface area is 120 Å². The second-order valence-corrected chi connectivity index (χ2v) is 5.15. The Kier molecular flexibility index (Phi) is 5.56. The van der Waals surface area contributed by atoms with Crippen LogP contribution in [0.5, 0.6) is 5.75 Å². The number of rotatable bonds is 6. The van der Waals surface area contributed by atoms with Crippen molar-refractivity contribution in [3.05, 3.63) is 29.3 Å². The smallest absolute Gasteiger partial charge is 0.159 e. The predicted octanol–water partition coefficient (Wildman–Crippen LogP) is 2.84. The van der Waals surface area contributed by atoms with E-state index < -0.39 is 0 Å². The minimum absolute atomic E-state index is 0.0540. The lowest BCUT2D eigenvalue weighted by Crippen LogP contribution is -2.20. The van der Waals surface area contributed by atoms with E-state index in [1.54, 1.807) is 20.1 Å². The fourth-order valence-electron chi connectivity index (χ4n) is 2.36. The van der Waals surface area contributed by atoms with Crippen molar-refractivity contribution >= 4 is 5.78 Å². The molecule has 0 radical (unpaired) electrons. The summed E-state index contributed by atoms with van der Waals surface area (Å²) in [7, 11) is 1.63. The monoisotopic (exact) mass is 278 g/mol. The Morgan fingerprint density at radius 1 is 1.35 bits per heavy atom. The summed E-state index contributed by atoms with van der Waals surface area (Å²) < 4.78 is 16.4. The number of benzene rings is 1. The highest BCUT2D eigenvalue weighted by molar-refractivity contribution is 5.94. The van der Waals surface area contributed by atoms with Gasteiger partial charge in [-0.25, -0.2) is 0 Å². The third-order valence-corrected chi connectivity index (χ3v) is 3.64. The average Bonchev–Trinajstić information content (AvgIpc) is 2.48. The van der Waals surface area contributed by atoms with Gasteiger partial charge in [0.1, 0.15) is 5.75 Å². The van der Waals surface area contributed by atoms with Gasteiger partial charge in [-0.1, -0.05) is 0 Å². The summed E-state index contributed by atoms with van der Waals surface area (Å²) in [5.74, 6) is 1.39. The van der Waals surface area contributed by atoms with Gasteiger partial charge in [-0.2, -0.15) is 0 Å². The maximum absolute atomic E-state index is 11.4. The quantitative estimate of drug-likeness (QED) is 0.751. The molecule has 1 heterocycles. The fourth-order valence-corrected chi connectivity index (χ4v) is 2.36. The number of carbonyl (C=O) groups is 1. The molecule has 1 aromatic carbocycles. The summed E-state index contributed by atoms with van der Waals surface area (Å²) in [5.41, 5.74) is 1.61. The zero-order valence-corrected chi connectivity index (χ0v) is 12.2. The van der Waals surface area contributed by atoms with E-state index in [0.29, 0.717) is 18.1 Å². The highest BCUT2D eigenvalue weighted by Gasteiger charge is 2.14. The van der Waals surface area contributed by atoms with Crippen LogP contribution in [0.15, 0.2) is 18.2 Å². The summed E-state index contributed by atoms with van der Waals surface area (Å²) in [4.78, 5) is 11.4. The molecule has 0 unspecified atom stereocenters. The van der Waals surface area contributed by atoms with E-state index in [0.717, 1.165) is 44.0 Å². The number of ether oxygens (including phenoxy) is 3. The van der Waals surface area contributed by atoms with Crippen LogP contribution in [0.25, 0.3) is 0 Å². The van der Waals surface area contributed by atoms with Crippen LogP contribution >= 0.6 is 0 Å². The van der Waals surface area contributed by atoms with Crippen molar-refractivity contribution in [3.63, 3.8) is 0 Å². The van der Waals surface area contributed by atoms with Crippen molar-refractivity contribution in [1.82, 2.24) is 0 Å². The van der Waals surface area contributed by atoms with Gasteiger partial charge in [0.15, 0.2) is 5.78 Å². The van der Waals surface area contributed by atoms with E-state index in [-0.39, 0.29) is 5.78 Å². The van der Waals surface area contributed by atoms with Gasteiger partial charge >= 0.3 is 0 Å². The molecule has 20 heavy (non-hydrogen) atoms. The first-order valence-corrected chi connectivity index (χ1v) is 7.04. The van der Waals surface area contributed by atoms with Crippen LogP contribution < -0.4 is 4.74 Å². The molecule has 1 fully saturated rings. The lowest BCUT2D eigenvalue weighted by atomic mass is 10.0. The van der Waals surface area contributed by atoms with Crippen LogP contribution in [0, 0.1) is 5.92 Å². The number of methoxy groups -OCH3 is 1. The molecule has 0 saturated carbocycles. The largest absolute Gasteiger partial charge is 0.496 e. The lowest BCUT2D eigenvalue weighted by Gasteiger charge is -2.22. The Balaban J connectivity index is 1.93. The first-order valence-electron chi connectivity index (χ1n) is 7.04. The zero-order chi connectivity index (χ0) is 14.4. The average molecular weight is 278 g/mol. The second-order valence-electron chi connectivity index (χ2n) is 5.15. The van der Waals surface area contributed by atoms with Crippen LogP contribution in [0.1, 0.15) is 35.7 Å². The highest BCUT2D eigenvalue weighted by atomic mass is 16.5. The molecule has 0 N–H and O–H groups in total. The maximum atomic E-state index is 11.4. The third kappa shape index (κ3) is 4.05. The van der Waals surface area contributed by atoms with E-state index in [1.165, 1.54) is 0 Å². The minimum atomic E-state index is 0.0540. The van der Waals surface area contributed by atoms with Gasteiger partial charge in [-0.05, 0) is 43.9 Å². The molecule has 110 valence electrons. The molecule has 0 aromatic heterocycles. The zero-order valence-electron chi connectivity index (χ0n) is 12.2. The van der Waals surface area contributed by atoms with Crippen molar-refractivity contribution in [3.8, 4) is 5.75 Å². The maximum Gasteiger partial charge on any atom is 0.159 e. The summed E-state index contributed by atoms with van der Waals surface area (Å²) in [6, 6.07) is 5.46. The van der Waals surface area contributed by atoms with Crippen LogP contribution in [0.4, 0.5) is 0 Å². The molecule has 0 bridgehead atoms. The normalized spacial score (nSPS) is 16.1. The number of hydrogen-bond acceptors (Lipinski definition) is 4. The first-order chi connectivity index (χ1) is 9.70. The SMILES string of the molecule is COc1ccc(C(C)=O)cc1COCC1CCOCC1. The molecule has 0 amide bonds. The predicted molar refractivity (Wildman–Crippen MR) is 76.2 cm³/mol. The molecule has 0 aliphatic carbocycles. The lowest BCUT2D eigenvalue weighted by molar-refractivity contribution is 0.0153. The Bertz CT molecular complexity index is 450. The number of Topliss-reactive ketones (excluding diaryl/α,β-unsaturated/α-hetero) is 1. The van der Waals surface area contributed by atoms with Crippen molar-refractivity contribution in [2.24, 2.45) is 5.92 Å². The molecule has 1 saturated heterocycles. The molecule has 0 spiro atoms. The van der Waals surface area contributed by atoms with Gasteiger partial charge < -0.3 is 14.2 Å². The third-order valence-electron chi connectivity index (χ3n) is 3.64. The van der Waals surface area contributed by atoms with E-state index in [1.807, 2.05) is 12.1 Å². The van der Waals surface area contributed by atoms with Crippen LogP contribution in [-0.2, 0) is 16.1 Å². The molecule has 1 aromatic rings. The summed E-state index contributed by atoms with van der Waals surface area (Å²) in [6.07, 6.45) is 2.12. The molecule has 4 nitrogen and oxygen atoms in total. The van der Waals surface area contributed by atoms with Gasteiger partial charge in [-0.3, -0.25) is 4.79 Å². The van der Waals surface area contributed by atoms with Crippen molar-refractivity contribution in [2.45, 2.75) is 26.4 Å². The van der Waals surface area contributed by atoms with Crippen LogP contribution in [-0.4, -0.2) is 32.7 Å². The molecular formula is C16H22O4. The minimum Gasteiger partial charge on any atom is -0.496 e. The van der Waals surface area contributed by atoms with E-state index in [9.17, 15) is 4.79 Å². The van der Waals surface area contributed by atoms with Gasteiger partial charge in [0.25, 0.3) is 0 Å². The second kappa shape index (κ2) is 7.41. The summed E-state index contributed by atoms with van der Waals surface area (Å²) >= 11 is 0. The molecule has 4 heteroatoms. The summed E-state index contributed by atoms with van der Waals surface area (Å²) in [5, 5.41) is 0. The van der Waals surface area contributed by atoms with Crippen molar-refractivity contribution < 1.29 is 19.0 Å². The molecule has 2 rings (SSSR count). The van der Waals surface area contributed by atoms with Gasteiger partial charge in [0.05, 0.1) is 20.3 Å². The van der Waals surface area contributed by atoms with Crippen molar-refractivity contribution in [1.29, 1.82) is 0 Å². The van der Waals surface area contributed by atoms with E-state index in [2.05, 4.69) is 0 Å². The van der Waals surface area contributed by atoms with Gasteiger partial charge in [-0.15, -0.1) is 0 Å². The summed E-state index contributed by atoms with van der Waals surface area (Å²) in [6.45, 7) is 4.43. The first kappa shape index (κ1) is 15.0. The molecule has 1 aliphatic rings. The Morgan fingerprint density at radius 2 is 2.10 bits per heavy atom. The van der Waals surface area contributed by atoms with Crippen LogP contribution in [0.3, 0.4) is 0 Å². The standard InChI is InChI=1S/C16H22O4/c1-12(17)14-3-4-16(18-2)15(9-14)11-20-10-13-5-7-19-8-6-13/h3-4,9,13H,5-8,10-11H2,1-2H3. The Hall–Kier alpha value is -1.39.